The zero-order valence-corrected chi connectivity index (χ0v) is 8.71. The molecule has 1 aromatic rings. The van der Waals surface area contributed by atoms with Gasteiger partial charge in [0.15, 0.2) is 5.16 Å². The summed E-state index contributed by atoms with van der Waals surface area (Å²) in [6.45, 7) is 0. The van der Waals surface area contributed by atoms with Gasteiger partial charge in [-0.3, -0.25) is 4.55 Å². The van der Waals surface area contributed by atoms with Crippen LogP contribution in [0.3, 0.4) is 0 Å². The summed E-state index contributed by atoms with van der Waals surface area (Å²) in [4.78, 5) is 10.4. The minimum Gasteiger partial charge on any atom is -0.368 e. The molecule has 1 heterocycles. The Labute approximate surface area is 95.9 Å². The van der Waals surface area contributed by atoms with E-state index in [9.17, 15) is 8.42 Å². The topological polar surface area (TPSA) is 145 Å². The monoisotopic (exact) mass is 255 g/mol. The summed E-state index contributed by atoms with van der Waals surface area (Å²) >= 11 is 0.00498. The molecule has 5 N–H and O–H groups in total. The van der Waals surface area contributed by atoms with Crippen molar-refractivity contribution >= 4 is 33.8 Å². The number of nitrogens with two attached hydrogens (primary N) is 2. The fourth-order valence-corrected chi connectivity index (χ4v) is 1.51. The highest BCUT2D eigenvalue weighted by Crippen LogP contribution is 2.14. The molecular weight excluding hydrogens is 242 g/mol. The minimum atomic E-state index is -5.30. The van der Waals surface area contributed by atoms with E-state index >= 15 is 0 Å². The molecule has 0 fully saturated rings. The predicted molar refractivity (Wildman–Crippen MR) is 55.8 cm³/mol. The van der Waals surface area contributed by atoms with Crippen molar-refractivity contribution in [2.45, 2.75) is 5.16 Å². The lowest BCUT2D eigenvalue weighted by Crippen LogP contribution is -2.08. The van der Waals surface area contributed by atoms with Gasteiger partial charge < -0.3 is 11.5 Å². The third kappa shape index (κ3) is 4.76. The first-order valence-corrected chi connectivity index (χ1v) is 5.55. The Morgan fingerprint density at radius 3 is 2.33 bits per heavy atom. The van der Waals surface area contributed by atoms with Crippen molar-refractivity contribution in [3.63, 3.8) is 0 Å². The quantitative estimate of drug-likeness (QED) is 0.456. The number of hydrogen-bond donors (Lipinski definition) is 3. The van der Waals surface area contributed by atoms with Crippen molar-refractivity contribution in [1.29, 1.82) is 0 Å². The number of thioether (sulfide) groups is 1. The van der Waals surface area contributed by atoms with Crippen LogP contribution in [0.1, 0.15) is 5.48 Å². The number of rotatable bonds is 4. The summed E-state index contributed by atoms with van der Waals surface area (Å²) in [7, 11) is -5.30. The highest BCUT2D eigenvalue weighted by molar-refractivity contribution is 8.00. The van der Waals surface area contributed by atoms with Gasteiger partial charge >= 0.3 is 0 Å². The van der Waals surface area contributed by atoms with E-state index in [-0.39, 0.29) is 23.7 Å². The second-order valence-electron chi connectivity index (χ2n) is 2.12. The lowest BCUT2D eigenvalue weighted by molar-refractivity contribution is 0.485. The van der Waals surface area contributed by atoms with E-state index in [1.54, 1.807) is 0 Å². The highest BCUT2D eigenvalue weighted by atomic mass is 32.2. The SMILES string of the molecule is [2H]C([2H])(Sc1nc(N)nc(N)n1)C([2H])([2H])S(=O)(=O)O. The number of nitrogens with zero attached hydrogens (tertiary/aromatic N) is 3. The molecule has 0 saturated heterocycles. The third-order valence-corrected chi connectivity index (χ3v) is 2.02. The Bertz CT molecular complexity index is 574. The molecule has 1 aromatic heterocycles. The molecule has 0 spiro atoms. The van der Waals surface area contributed by atoms with Crippen LogP contribution < -0.4 is 11.5 Å². The van der Waals surface area contributed by atoms with Gasteiger partial charge in [-0.2, -0.15) is 23.4 Å². The van der Waals surface area contributed by atoms with E-state index in [2.05, 4.69) is 15.0 Å². The molecule has 0 bridgehead atoms. The van der Waals surface area contributed by atoms with Crippen molar-refractivity contribution in [3.05, 3.63) is 0 Å². The predicted octanol–water partition coefficient (Wildman–Crippen LogP) is -0.984. The first-order chi connectivity index (χ1) is 8.37. The Morgan fingerprint density at radius 1 is 1.33 bits per heavy atom. The number of anilines is 2. The van der Waals surface area contributed by atoms with Crippen molar-refractivity contribution in [2.24, 2.45) is 0 Å². The molecule has 10 heteroatoms. The zero-order chi connectivity index (χ0) is 15.1. The average Bonchev–Trinajstić information content (AvgIpc) is 2.12. The molecule has 0 aliphatic heterocycles. The molecule has 0 aliphatic rings. The second kappa shape index (κ2) is 4.59. The summed E-state index contributed by atoms with van der Waals surface area (Å²) in [6.07, 6.45) is 0. The van der Waals surface area contributed by atoms with Gasteiger partial charge in [0.05, 0.1) is 5.70 Å². The van der Waals surface area contributed by atoms with Crippen LogP contribution >= 0.6 is 11.8 Å². The fourth-order valence-electron chi connectivity index (χ4n) is 0.553. The maximum Gasteiger partial charge on any atom is 0.265 e. The van der Waals surface area contributed by atoms with Gasteiger partial charge in [-0.25, -0.2) is 0 Å². The Hall–Kier alpha value is -1.13. The standard InChI is InChI=1S/C5H9N5O3S2/c6-3-8-4(7)10-5(9-3)14-1-2-15(11,12)13/h1-2H2,(H,11,12,13)(H4,6,7,8,9,10)/i1D2,2D2. The lowest BCUT2D eigenvalue weighted by atomic mass is 10.9. The van der Waals surface area contributed by atoms with Gasteiger partial charge in [0.1, 0.15) is 0 Å². The van der Waals surface area contributed by atoms with Crippen molar-refractivity contribution in [3.8, 4) is 0 Å². The third-order valence-electron chi connectivity index (χ3n) is 0.962. The first-order valence-electron chi connectivity index (χ1n) is 5.30. The van der Waals surface area contributed by atoms with Gasteiger partial charge in [-0.1, -0.05) is 11.8 Å². The number of nitrogen functional groups attached to an aromatic ring is 2. The largest absolute Gasteiger partial charge is 0.368 e. The van der Waals surface area contributed by atoms with E-state index in [4.69, 9.17) is 21.5 Å². The van der Waals surface area contributed by atoms with Gasteiger partial charge in [-0.05, 0) is 0 Å². The van der Waals surface area contributed by atoms with E-state index in [1.165, 1.54) is 0 Å². The van der Waals surface area contributed by atoms with Crippen LogP contribution in [0, 0.1) is 0 Å². The summed E-state index contributed by atoms with van der Waals surface area (Å²) in [6, 6.07) is 0. The summed E-state index contributed by atoms with van der Waals surface area (Å²) < 4.78 is 59.5. The van der Waals surface area contributed by atoms with Gasteiger partial charge in [0, 0.05) is 11.2 Å². The number of hydrogen-bond acceptors (Lipinski definition) is 8. The summed E-state index contributed by atoms with van der Waals surface area (Å²) in [5.41, 5.74) is 3.80. The maximum absolute atomic E-state index is 10.8. The van der Waals surface area contributed by atoms with Gasteiger partial charge in [0.25, 0.3) is 10.1 Å². The molecule has 0 aromatic carbocycles. The molecule has 8 nitrogen and oxygen atoms in total. The van der Waals surface area contributed by atoms with E-state index < -0.39 is 26.7 Å². The molecule has 0 aliphatic carbocycles. The molecule has 0 saturated carbocycles. The van der Waals surface area contributed by atoms with Crippen LogP contribution in [0.5, 0.6) is 0 Å². The second-order valence-corrected chi connectivity index (χ2v) is 4.04. The Balaban J connectivity index is 3.16. The smallest absolute Gasteiger partial charge is 0.265 e. The molecular formula is C5H9N5O3S2. The van der Waals surface area contributed by atoms with Crippen molar-refractivity contribution in [2.75, 3.05) is 22.9 Å². The Morgan fingerprint density at radius 2 is 1.87 bits per heavy atom. The normalized spacial score (nSPS) is 17.4. The van der Waals surface area contributed by atoms with Crippen LogP contribution in [0.2, 0.25) is 0 Å². The van der Waals surface area contributed by atoms with Crippen molar-refractivity contribution in [1.82, 2.24) is 15.0 Å². The lowest BCUT2D eigenvalue weighted by Gasteiger charge is -2.00. The number of aromatic nitrogens is 3. The van der Waals surface area contributed by atoms with Gasteiger partial charge in [0.2, 0.25) is 11.9 Å². The molecule has 15 heavy (non-hydrogen) atoms. The van der Waals surface area contributed by atoms with E-state index in [1.807, 2.05) is 0 Å². The molecule has 0 amide bonds. The average molecular weight is 255 g/mol. The van der Waals surface area contributed by atoms with Crippen LogP contribution in [-0.2, 0) is 10.1 Å². The molecule has 0 unspecified atom stereocenters. The van der Waals surface area contributed by atoms with E-state index in [0.717, 1.165) is 0 Å². The minimum absolute atomic E-state index is 0.00498. The summed E-state index contributed by atoms with van der Waals surface area (Å²) in [5.74, 6) is -0.670. The highest BCUT2D eigenvalue weighted by Gasteiger charge is 2.07. The van der Waals surface area contributed by atoms with Gasteiger partial charge in [-0.15, -0.1) is 0 Å². The van der Waals surface area contributed by atoms with Crippen LogP contribution in [0.4, 0.5) is 11.9 Å². The van der Waals surface area contributed by atoms with Crippen LogP contribution in [0.25, 0.3) is 0 Å². The van der Waals surface area contributed by atoms with E-state index in [0.29, 0.717) is 0 Å². The fraction of sp³-hybridized carbons (Fsp3) is 0.400. The Kier molecular flexibility index (Phi) is 2.20. The molecule has 0 atom stereocenters. The van der Waals surface area contributed by atoms with Crippen LogP contribution in [-0.4, -0.2) is 39.3 Å². The maximum atomic E-state index is 10.8. The first kappa shape index (κ1) is 7.19. The molecule has 1 rings (SSSR count). The summed E-state index contributed by atoms with van der Waals surface area (Å²) in [5, 5.41) is -0.414. The van der Waals surface area contributed by atoms with Crippen LogP contribution in [0.15, 0.2) is 5.16 Å². The van der Waals surface area contributed by atoms with Crippen molar-refractivity contribution < 1.29 is 18.5 Å². The molecule has 84 valence electrons. The molecule has 0 radical (unpaired) electrons. The zero-order valence-electron chi connectivity index (χ0n) is 11.1.